The molecule has 0 saturated carbocycles. The lowest BCUT2D eigenvalue weighted by atomic mass is 10.2. The number of nitrogens with one attached hydrogen (secondary N) is 1. The van der Waals surface area contributed by atoms with Crippen molar-refractivity contribution in [2.24, 2.45) is 5.84 Å². The van der Waals surface area contributed by atoms with Crippen LogP contribution in [0.3, 0.4) is 0 Å². The Balaban J connectivity index is 2.11. The van der Waals surface area contributed by atoms with Gasteiger partial charge in [0.25, 0.3) is 0 Å². The standard InChI is InChI=1S/C11H18N6O/c1-8-7-13-11(15-12)14-10(8)17-5-3-16(4-6-17)9(2)18/h7H,3-6,12H2,1-2H3,(H,13,14,15). The second-order valence-electron chi connectivity index (χ2n) is 4.34. The van der Waals surface area contributed by atoms with Crippen LogP contribution in [0.1, 0.15) is 12.5 Å². The van der Waals surface area contributed by atoms with E-state index in [0.29, 0.717) is 5.95 Å². The lowest BCUT2D eigenvalue weighted by molar-refractivity contribution is -0.129. The van der Waals surface area contributed by atoms with E-state index in [0.717, 1.165) is 37.6 Å². The Labute approximate surface area is 106 Å². The highest BCUT2D eigenvalue weighted by Crippen LogP contribution is 2.19. The van der Waals surface area contributed by atoms with E-state index in [1.165, 1.54) is 0 Å². The number of hydrogen-bond donors (Lipinski definition) is 2. The van der Waals surface area contributed by atoms with Crippen LogP contribution in [0, 0.1) is 6.92 Å². The van der Waals surface area contributed by atoms with Gasteiger partial charge in [-0.1, -0.05) is 0 Å². The van der Waals surface area contributed by atoms with Crippen molar-refractivity contribution in [1.29, 1.82) is 0 Å². The number of aryl methyl sites for hydroxylation is 1. The van der Waals surface area contributed by atoms with Crippen LogP contribution in [0.15, 0.2) is 6.20 Å². The number of hydrazine groups is 1. The molecular formula is C11H18N6O. The molecule has 0 atom stereocenters. The summed E-state index contributed by atoms with van der Waals surface area (Å²) in [6.07, 6.45) is 1.74. The van der Waals surface area contributed by atoms with Crippen LogP contribution in [0.2, 0.25) is 0 Å². The molecule has 1 aromatic heterocycles. The average Bonchev–Trinajstić information content (AvgIpc) is 2.39. The van der Waals surface area contributed by atoms with Gasteiger partial charge in [0.15, 0.2) is 0 Å². The molecule has 2 rings (SSSR count). The van der Waals surface area contributed by atoms with Crippen LogP contribution in [-0.4, -0.2) is 47.0 Å². The molecule has 1 aliphatic heterocycles. The number of carbonyl (C=O) groups excluding carboxylic acids is 1. The van der Waals surface area contributed by atoms with Crippen molar-refractivity contribution in [3.63, 3.8) is 0 Å². The van der Waals surface area contributed by atoms with Gasteiger partial charge in [-0.15, -0.1) is 0 Å². The number of carbonyl (C=O) groups is 1. The lowest BCUT2D eigenvalue weighted by Gasteiger charge is -2.35. The van der Waals surface area contributed by atoms with Crippen molar-refractivity contribution < 1.29 is 4.79 Å². The second kappa shape index (κ2) is 5.18. The van der Waals surface area contributed by atoms with Crippen LogP contribution in [-0.2, 0) is 4.79 Å². The second-order valence-corrected chi connectivity index (χ2v) is 4.34. The minimum atomic E-state index is 0.123. The zero-order valence-electron chi connectivity index (χ0n) is 10.7. The summed E-state index contributed by atoms with van der Waals surface area (Å²) in [5.74, 6) is 6.72. The van der Waals surface area contributed by atoms with Gasteiger partial charge in [-0.25, -0.2) is 10.8 Å². The molecule has 0 aliphatic carbocycles. The van der Waals surface area contributed by atoms with E-state index in [-0.39, 0.29) is 5.91 Å². The van der Waals surface area contributed by atoms with Crippen LogP contribution in [0.25, 0.3) is 0 Å². The summed E-state index contributed by atoms with van der Waals surface area (Å²) in [4.78, 5) is 23.7. The van der Waals surface area contributed by atoms with E-state index in [1.807, 2.05) is 11.8 Å². The zero-order valence-corrected chi connectivity index (χ0v) is 10.7. The zero-order chi connectivity index (χ0) is 13.1. The maximum Gasteiger partial charge on any atom is 0.239 e. The lowest BCUT2D eigenvalue weighted by Crippen LogP contribution is -2.48. The van der Waals surface area contributed by atoms with Crippen LogP contribution < -0.4 is 16.2 Å². The van der Waals surface area contributed by atoms with Crippen molar-refractivity contribution in [3.8, 4) is 0 Å². The maximum absolute atomic E-state index is 11.3. The highest BCUT2D eigenvalue weighted by Gasteiger charge is 2.21. The van der Waals surface area contributed by atoms with Crippen LogP contribution in [0.5, 0.6) is 0 Å². The van der Waals surface area contributed by atoms with Crippen LogP contribution in [0.4, 0.5) is 11.8 Å². The maximum atomic E-state index is 11.3. The summed E-state index contributed by atoms with van der Waals surface area (Å²) in [7, 11) is 0. The van der Waals surface area contributed by atoms with E-state index in [4.69, 9.17) is 5.84 Å². The van der Waals surface area contributed by atoms with E-state index in [1.54, 1.807) is 13.1 Å². The van der Waals surface area contributed by atoms with Crippen LogP contribution >= 0.6 is 0 Å². The van der Waals surface area contributed by atoms with E-state index in [2.05, 4.69) is 20.3 Å². The largest absolute Gasteiger partial charge is 0.353 e. The van der Waals surface area contributed by atoms with E-state index >= 15 is 0 Å². The number of aromatic nitrogens is 2. The third-order valence-corrected chi connectivity index (χ3v) is 3.10. The first-order chi connectivity index (χ1) is 8.61. The number of rotatable bonds is 2. The fourth-order valence-corrected chi connectivity index (χ4v) is 2.06. The Bertz CT molecular complexity index is 441. The molecule has 98 valence electrons. The smallest absolute Gasteiger partial charge is 0.239 e. The fraction of sp³-hybridized carbons (Fsp3) is 0.545. The molecule has 2 heterocycles. The molecule has 1 saturated heterocycles. The normalized spacial score (nSPS) is 15.7. The van der Waals surface area contributed by atoms with Gasteiger partial charge in [0, 0.05) is 44.9 Å². The first-order valence-electron chi connectivity index (χ1n) is 5.92. The average molecular weight is 250 g/mol. The summed E-state index contributed by atoms with van der Waals surface area (Å²) in [6, 6.07) is 0. The van der Waals surface area contributed by atoms with Crippen molar-refractivity contribution in [3.05, 3.63) is 11.8 Å². The van der Waals surface area contributed by atoms with Gasteiger partial charge in [0.1, 0.15) is 5.82 Å². The number of hydrogen-bond acceptors (Lipinski definition) is 6. The summed E-state index contributed by atoms with van der Waals surface area (Å²) in [6.45, 7) is 6.58. The number of amides is 1. The van der Waals surface area contributed by atoms with Gasteiger partial charge in [-0.2, -0.15) is 4.98 Å². The SMILES string of the molecule is CC(=O)N1CCN(c2nc(NN)ncc2C)CC1. The Kier molecular flexibility index (Phi) is 3.61. The summed E-state index contributed by atoms with van der Waals surface area (Å²) < 4.78 is 0. The summed E-state index contributed by atoms with van der Waals surface area (Å²) in [5.41, 5.74) is 3.45. The van der Waals surface area contributed by atoms with Gasteiger partial charge in [0.2, 0.25) is 11.9 Å². The summed E-state index contributed by atoms with van der Waals surface area (Å²) in [5, 5.41) is 0. The van der Waals surface area contributed by atoms with E-state index < -0.39 is 0 Å². The Morgan fingerprint density at radius 3 is 2.61 bits per heavy atom. The molecule has 7 heteroatoms. The highest BCUT2D eigenvalue weighted by molar-refractivity contribution is 5.73. The summed E-state index contributed by atoms with van der Waals surface area (Å²) >= 11 is 0. The molecule has 7 nitrogen and oxygen atoms in total. The van der Waals surface area contributed by atoms with Gasteiger partial charge >= 0.3 is 0 Å². The number of anilines is 2. The molecule has 1 aliphatic rings. The quantitative estimate of drug-likeness (QED) is 0.555. The van der Waals surface area contributed by atoms with Gasteiger partial charge in [-0.05, 0) is 6.92 Å². The Morgan fingerprint density at radius 2 is 2.06 bits per heavy atom. The molecular weight excluding hydrogens is 232 g/mol. The molecule has 0 spiro atoms. The predicted molar refractivity (Wildman–Crippen MR) is 69.0 cm³/mol. The van der Waals surface area contributed by atoms with Crippen molar-refractivity contribution in [1.82, 2.24) is 14.9 Å². The number of nitrogens with zero attached hydrogens (tertiary/aromatic N) is 4. The fourth-order valence-electron chi connectivity index (χ4n) is 2.06. The Hall–Kier alpha value is -1.89. The Morgan fingerprint density at radius 1 is 1.39 bits per heavy atom. The number of nitrogen functional groups attached to an aromatic ring is 1. The van der Waals surface area contributed by atoms with Gasteiger partial charge in [-0.3, -0.25) is 10.2 Å². The topological polar surface area (TPSA) is 87.4 Å². The van der Waals surface area contributed by atoms with Crippen molar-refractivity contribution >= 4 is 17.7 Å². The molecule has 18 heavy (non-hydrogen) atoms. The molecule has 0 bridgehead atoms. The molecule has 0 radical (unpaired) electrons. The first-order valence-corrected chi connectivity index (χ1v) is 5.92. The number of nitrogens with two attached hydrogens (primary N) is 1. The third-order valence-electron chi connectivity index (χ3n) is 3.10. The predicted octanol–water partition coefficient (Wildman–Crippen LogP) is -0.261. The van der Waals surface area contributed by atoms with Crippen molar-refractivity contribution in [2.75, 3.05) is 36.5 Å². The van der Waals surface area contributed by atoms with E-state index in [9.17, 15) is 4.79 Å². The third kappa shape index (κ3) is 2.51. The molecule has 3 N–H and O–H groups in total. The highest BCUT2D eigenvalue weighted by atomic mass is 16.2. The minimum absolute atomic E-state index is 0.123. The molecule has 1 aromatic rings. The monoisotopic (exact) mass is 250 g/mol. The van der Waals surface area contributed by atoms with Gasteiger partial charge in [0.05, 0.1) is 0 Å². The molecule has 0 aromatic carbocycles. The van der Waals surface area contributed by atoms with Crippen molar-refractivity contribution in [2.45, 2.75) is 13.8 Å². The molecule has 1 amide bonds. The first kappa shape index (κ1) is 12.6. The molecule has 1 fully saturated rings. The molecule has 0 unspecified atom stereocenters. The van der Waals surface area contributed by atoms with Gasteiger partial charge < -0.3 is 9.80 Å². The minimum Gasteiger partial charge on any atom is -0.353 e. The number of piperazine rings is 1.